The zero-order valence-corrected chi connectivity index (χ0v) is 25.9. The highest BCUT2D eigenvalue weighted by molar-refractivity contribution is 6.53. The molecule has 0 N–H and O–H groups in total. The summed E-state index contributed by atoms with van der Waals surface area (Å²) >= 11 is 0. The Labute approximate surface area is 236 Å². The van der Waals surface area contributed by atoms with Crippen LogP contribution in [0, 0.1) is 0 Å². The average Bonchev–Trinajstić information content (AvgIpc) is 3.22. The van der Waals surface area contributed by atoms with Crippen molar-refractivity contribution in [2.24, 2.45) is 0 Å². The Hall–Kier alpha value is -1.61. The van der Waals surface area contributed by atoms with Gasteiger partial charge in [0.15, 0.2) is 0 Å². The van der Waals surface area contributed by atoms with Gasteiger partial charge in [0, 0.05) is 0 Å². The van der Waals surface area contributed by atoms with Crippen LogP contribution in [0.4, 0.5) is 0 Å². The Bertz CT molecular complexity index is 962. The summed E-state index contributed by atoms with van der Waals surface area (Å²) in [4.78, 5) is 0. The summed E-state index contributed by atoms with van der Waals surface area (Å²) in [5, 5.41) is 0. The van der Waals surface area contributed by atoms with E-state index in [0.29, 0.717) is 0 Å². The van der Waals surface area contributed by atoms with Crippen LogP contribution in [0.1, 0.15) is 99.8 Å². The third-order valence-corrected chi connectivity index (χ3v) is 9.15. The van der Waals surface area contributed by atoms with Crippen molar-refractivity contribution in [3.05, 3.63) is 52.8 Å². The van der Waals surface area contributed by atoms with Gasteiger partial charge >= 0.3 is 21.4 Å². The molecule has 0 aromatic heterocycles. The molecule has 210 valence electrons. The van der Waals surface area contributed by atoms with Gasteiger partial charge in [-0.25, -0.2) is 0 Å². The van der Waals surface area contributed by atoms with Gasteiger partial charge in [0.05, 0.1) is 33.6 Å². The second-order valence-electron chi connectivity index (χ2n) is 13.9. The van der Waals surface area contributed by atoms with E-state index in [0.717, 1.165) is 16.7 Å². The van der Waals surface area contributed by atoms with E-state index in [2.05, 4.69) is 101 Å². The molecule has 3 fully saturated rings. The monoisotopic (exact) mass is 534 g/mol. The van der Waals surface area contributed by atoms with Gasteiger partial charge in [-0.3, -0.25) is 0 Å². The van der Waals surface area contributed by atoms with Crippen molar-refractivity contribution in [1.29, 1.82) is 0 Å². The lowest BCUT2D eigenvalue weighted by Gasteiger charge is -2.32. The van der Waals surface area contributed by atoms with E-state index in [9.17, 15) is 0 Å². The predicted molar refractivity (Wildman–Crippen MR) is 162 cm³/mol. The molecule has 9 heteroatoms. The van der Waals surface area contributed by atoms with Crippen molar-refractivity contribution in [2.45, 2.75) is 117 Å². The van der Waals surface area contributed by atoms with E-state index >= 15 is 0 Å². The van der Waals surface area contributed by atoms with Gasteiger partial charge in [0.1, 0.15) is 0 Å². The van der Waals surface area contributed by atoms with Gasteiger partial charge in [0.2, 0.25) is 0 Å². The summed E-state index contributed by atoms with van der Waals surface area (Å²) in [6, 6.07) is 6.36. The molecule has 6 nitrogen and oxygen atoms in total. The van der Waals surface area contributed by atoms with Crippen molar-refractivity contribution >= 4 is 39.6 Å². The minimum atomic E-state index is -0.414. The fourth-order valence-electron chi connectivity index (χ4n) is 4.46. The summed E-state index contributed by atoms with van der Waals surface area (Å²) in [6.07, 6.45) is 6.13. The molecule has 0 bridgehead atoms. The van der Waals surface area contributed by atoms with E-state index < -0.39 is 21.4 Å². The lowest BCUT2D eigenvalue weighted by Crippen LogP contribution is -2.41. The van der Waals surface area contributed by atoms with Gasteiger partial charge in [-0.1, -0.05) is 36.2 Å². The maximum Gasteiger partial charge on any atom is 0.487 e. The summed E-state index contributed by atoms with van der Waals surface area (Å²) in [5.74, 6) is 5.90. The Morgan fingerprint density at radius 2 is 0.564 bits per heavy atom. The highest BCUT2D eigenvalue weighted by Crippen LogP contribution is 2.39. The molecule has 3 aliphatic heterocycles. The van der Waals surface area contributed by atoms with Crippen molar-refractivity contribution in [3.63, 3.8) is 0 Å². The fourth-order valence-corrected chi connectivity index (χ4v) is 4.46. The minimum absolute atomic E-state index is 0.383. The molecule has 3 heterocycles. The third kappa shape index (κ3) is 6.34. The zero-order valence-electron chi connectivity index (χ0n) is 25.9. The van der Waals surface area contributed by atoms with E-state index in [1.807, 2.05) is 36.2 Å². The topological polar surface area (TPSA) is 55.4 Å². The first-order valence-electron chi connectivity index (χ1n) is 14.0. The first kappa shape index (κ1) is 30.4. The molecule has 0 atom stereocenters. The molecule has 0 amide bonds. The quantitative estimate of drug-likeness (QED) is 0.383. The SMILES string of the molecule is CC1(C)OB(/C=C/c2cc(/C=C/B3OC(C)(C)C(C)(C)O3)cc(/C=C/B3OC(C)(C)C(C)(C)O3)c2)OC1(C)C. The van der Waals surface area contributed by atoms with Crippen LogP contribution in [-0.4, -0.2) is 55.0 Å². The average molecular weight is 534 g/mol. The molecule has 3 aliphatic rings. The van der Waals surface area contributed by atoms with Crippen molar-refractivity contribution < 1.29 is 27.9 Å². The van der Waals surface area contributed by atoms with Gasteiger partial charge in [0.25, 0.3) is 0 Å². The molecule has 0 radical (unpaired) electrons. The van der Waals surface area contributed by atoms with E-state index in [-0.39, 0.29) is 33.6 Å². The van der Waals surface area contributed by atoms with Gasteiger partial charge in [-0.05, 0) is 118 Å². The molecule has 1 aromatic carbocycles. The summed E-state index contributed by atoms with van der Waals surface area (Å²) in [7, 11) is -1.24. The maximum absolute atomic E-state index is 6.15. The van der Waals surface area contributed by atoms with E-state index in [1.54, 1.807) is 0 Å². The van der Waals surface area contributed by atoms with Crippen molar-refractivity contribution in [3.8, 4) is 0 Å². The van der Waals surface area contributed by atoms with Gasteiger partial charge in [-0.2, -0.15) is 0 Å². The molecular weight excluding hydrogens is 489 g/mol. The highest BCUT2D eigenvalue weighted by Gasteiger charge is 2.51. The third-order valence-electron chi connectivity index (χ3n) is 9.15. The smallest absolute Gasteiger partial charge is 0.400 e. The Morgan fingerprint density at radius 3 is 0.744 bits per heavy atom. The van der Waals surface area contributed by atoms with E-state index in [1.165, 1.54) is 0 Å². The second-order valence-corrected chi connectivity index (χ2v) is 13.9. The van der Waals surface area contributed by atoms with Crippen molar-refractivity contribution in [1.82, 2.24) is 0 Å². The second kappa shape index (κ2) is 10.0. The molecule has 4 rings (SSSR count). The first-order valence-corrected chi connectivity index (χ1v) is 14.0. The lowest BCUT2D eigenvalue weighted by atomic mass is 9.86. The lowest BCUT2D eigenvalue weighted by molar-refractivity contribution is 0.00578. The van der Waals surface area contributed by atoms with Crippen LogP contribution in [-0.2, 0) is 27.9 Å². The summed E-state index contributed by atoms with van der Waals surface area (Å²) < 4.78 is 36.9. The molecule has 3 saturated heterocycles. The van der Waals surface area contributed by atoms with E-state index in [4.69, 9.17) is 27.9 Å². The largest absolute Gasteiger partial charge is 0.487 e. The van der Waals surface area contributed by atoms with Crippen molar-refractivity contribution in [2.75, 3.05) is 0 Å². The maximum atomic E-state index is 6.15. The minimum Gasteiger partial charge on any atom is -0.400 e. The van der Waals surface area contributed by atoms with Crippen LogP contribution >= 0.6 is 0 Å². The molecule has 0 saturated carbocycles. The summed E-state index contributed by atoms with van der Waals surface area (Å²) in [5.41, 5.74) is 0.771. The standard InChI is InChI=1S/C30H45B3O6/c1-25(2)26(3,4)35-31(34-25)16-13-22-19-23(14-17-32-36-27(5,6)28(7,8)37-32)21-24(20-22)15-18-33-38-29(9,10)30(11,12)39-33/h13-21H,1-12H3/b16-13+,17-14+,18-15+. The summed E-state index contributed by atoms with van der Waals surface area (Å²) in [6.45, 7) is 24.7. The van der Waals surface area contributed by atoms with Crippen LogP contribution in [0.5, 0.6) is 0 Å². The Balaban J connectivity index is 1.58. The first-order chi connectivity index (χ1) is 17.7. The van der Waals surface area contributed by atoms with Crippen LogP contribution in [0.2, 0.25) is 0 Å². The number of hydrogen-bond donors (Lipinski definition) is 0. The van der Waals surface area contributed by atoms with Crippen LogP contribution in [0.15, 0.2) is 36.1 Å². The molecular formula is C30H45B3O6. The molecule has 39 heavy (non-hydrogen) atoms. The van der Waals surface area contributed by atoms with Gasteiger partial charge < -0.3 is 27.9 Å². The highest BCUT2D eigenvalue weighted by atomic mass is 16.7. The normalized spacial score (nSPS) is 26.6. The number of rotatable bonds is 6. The molecule has 0 aliphatic carbocycles. The number of hydrogen-bond acceptors (Lipinski definition) is 6. The molecule has 0 spiro atoms. The Morgan fingerprint density at radius 1 is 0.385 bits per heavy atom. The van der Waals surface area contributed by atoms with Crippen LogP contribution in [0.25, 0.3) is 18.2 Å². The van der Waals surface area contributed by atoms with Crippen LogP contribution < -0.4 is 0 Å². The zero-order chi connectivity index (χ0) is 29.1. The van der Waals surface area contributed by atoms with Gasteiger partial charge in [-0.15, -0.1) is 0 Å². The number of benzene rings is 1. The Kier molecular flexibility index (Phi) is 7.81. The fraction of sp³-hybridized carbons (Fsp3) is 0.600. The van der Waals surface area contributed by atoms with Crippen LogP contribution in [0.3, 0.4) is 0 Å². The predicted octanol–water partition coefficient (Wildman–Crippen LogP) is 6.62. The molecule has 1 aromatic rings. The molecule has 0 unspecified atom stereocenters.